The number of halogens is 2. The maximum Gasteiger partial charge on any atom is 0.328 e. The predicted octanol–water partition coefficient (Wildman–Crippen LogP) is 3.83. The number of hydrogen-bond donors (Lipinski definition) is 1. The molecule has 114 valence electrons. The molecule has 1 atom stereocenters. The molecule has 0 radical (unpaired) electrons. The van der Waals surface area contributed by atoms with Crippen LogP contribution in [0.5, 0.6) is 0 Å². The molecule has 1 heterocycles. The third-order valence-electron chi connectivity index (χ3n) is 3.80. The first-order chi connectivity index (χ1) is 9.99. The minimum atomic E-state index is -1.15. The van der Waals surface area contributed by atoms with Crippen molar-refractivity contribution in [1.82, 2.24) is 0 Å². The lowest BCUT2D eigenvalue weighted by atomic mass is 10.1. The zero-order valence-electron chi connectivity index (χ0n) is 12.0. The molecule has 1 aromatic carbocycles. The maximum atomic E-state index is 14.3. The highest BCUT2D eigenvalue weighted by Gasteiger charge is 2.23. The van der Waals surface area contributed by atoms with Gasteiger partial charge in [-0.1, -0.05) is 12.8 Å². The fourth-order valence-corrected chi connectivity index (χ4v) is 2.73. The van der Waals surface area contributed by atoms with E-state index in [0.717, 1.165) is 31.8 Å². The van der Waals surface area contributed by atoms with Crippen molar-refractivity contribution in [2.24, 2.45) is 0 Å². The van der Waals surface area contributed by atoms with Crippen LogP contribution in [0.15, 0.2) is 18.2 Å². The molecule has 1 aliphatic heterocycles. The van der Waals surface area contributed by atoms with Crippen molar-refractivity contribution in [3.63, 3.8) is 0 Å². The number of rotatable bonds is 3. The fraction of sp³-hybridized carbons (Fsp3) is 0.438. The second kappa shape index (κ2) is 6.70. The Bertz CT molecular complexity index is 534. The van der Waals surface area contributed by atoms with Gasteiger partial charge in [0.15, 0.2) is 0 Å². The van der Waals surface area contributed by atoms with Crippen LogP contribution in [0.25, 0.3) is 6.08 Å². The lowest BCUT2D eigenvalue weighted by molar-refractivity contribution is -0.131. The zero-order chi connectivity index (χ0) is 15.4. The summed E-state index contributed by atoms with van der Waals surface area (Å²) in [5, 5.41) is 8.56. The smallest absolute Gasteiger partial charge is 0.328 e. The quantitative estimate of drug-likeness (QED) is 0.862. The summed E-state index contributed by atoms with van der Waals surface area (Å²) in [5.74, 6) is -2.44. The third-order valence-corrected chi connectivity index (χ3v) is 3.80. The first-order valence-corrected chi connectivity index (χ1v) is 7.15. The monoisotopic (exact) mass is 295 g/mol. The van der Waals surface area contributed by atoms with Gasteiger partial charge in [-0.2, -0.15) is 0 Å². The zero-order valence-corrected chi connectivity index (χ0v) is 12.0. The van der Waals surface area contributed by atoms with Crippen LogP contribution >= 0.6 is 0 Å². The third kappa shape index (κ3) is 3.80. The van der Waals surface area contributed by atoms with E-state index in [-0.39, 0.29) is 17.3 Å². The number of nitrogens with zero attached hydrogens (tertiary/aromatic N) is 1. The topological polar surface area (TPSA) is 40.5 Å². The number of carboxylic acids is 1. The summed E-state index contributed by atoms with van der Waals surface area (Å²) in [6.45, 7) is 2.61. The highest BCUT2D eigenvalue weighted by atomic mass is 19.1. The van der Waals surface area contributed by atoms with Crippen molar-refractivity contribution in [2.75, 3.05) is 11.4 Å². The van der Waals surface area contributed by atoms with Crippen molar-refractivity contribution in [3.8, 4) is 0 Å². The van der Waals surface area contributed by atoms with Crippen molar-refractivity contribution in [3.05, 3.63) is 35.4 Å². The predicted molar refractivity (Wildman–Crippen MR) is 78.3 cm³/mol. The van der Waals surface area contributed by atoms with E-state index in [4.69, 9.17) is 5.11 Å². The molecule has 1 fully saturated rings. The SMILES string of the molecule is CC1CCCCCN1c1c(F)cc(C=CC(=O)O)cc1F. The van der Waals surface area contributed by atoms with Crippen LogP contribution in [0.3, 0.4) is 0 Å². The molecular formula is C16H19F2NO2. The highest BCUT2D eigenvalue weighted by Crippen LogP contribution is 2.30. The van der Waals surface area contributed by atoms with E-state index in [1.165, 1.54) is 18.2 Å². The first kappa shape index (κ1) is 15.5. The number of anilines is 1. The average Bonchev–Trinajstić information content (AvgIpc) is 2.61. The molecule has 0 spiro atoms. The molecule has 0 aliphatic carbocycles. The lowest BCUT2D eigenvalue weighted by Gasteiger charge is -2.30. The Kier molecular flexibility index (Phi) is 4.94. The van der Waals surface area contributed by atoms with Gasteiger partial charge >= 0.3 is 5.97 Å². The van der Waals surface area contributed by atoms with E-state index in [1.807, 2.05) is 6.92 Å². The molecule has 1 aromatic rings. The molecular weight excluding hydrogens is 276 g/mol. The van der Waals surface area contributed by atoms with Gasteiger partial charge in [0.1, 0.15) is 17.3 Å². The summed E-state index contributed by atoms with van der Waals surface area (Å²) in [6.07, 6.45) is 6.03. The standard InChI is InChI=1S/C16H19F2NO2/c1-11-5-3-2-4-8-19(11)16-13(17)9-12(10-14(16)18)6-7-15(20)21/h6-7,9-11H,2-5,8H2,1H3,(H,20,21). The molecule has 0 amide bonds. The van der Waals surface area contributed by atoms with Gasteiger partial charge in [0.05, 0.1) is 0 Å². The molecule has 1 aliphatic rings. The normalized spacial score (nSPS) is 19.8. The van der Waals surface area contributed by atoms with Crippen molar-refractivity contribution < 1.29 is 18.7 Å². The van der Waals surface area contributed by atoms with E-state index in [2.05, 4.69) is 0 Å². The van der Waals surface area contributed by atoms with Gasteiger partial charge in [0, 0.05) is 18.7 Å². The Hall–Kier alpha value is -1.91. The van der Waals surface area contributed by atoms with Gasteiger partial charge in [-0.05, 0) is 43.5 Å². The maximum absolute atomic E-state index is 14.3. The minimum Gasteiger partial charge on any atom is -0.478 e. The van der Waals surface area contributed by atoms with Gasteiger partial charge in [-0.25, -0.2) is 13.6 Å². The molecule has 1 saturated heterocycles. The van der Waals surface area contributed by atoms with Gasteiger partial charge in [-0.15, -0.1) is 0 Å². The van der Waals surface area contributed by atoms with E-state index in [1.54, 1.807) is 4.90 Å². The Morgan fingerprint density at radius 3 is 2.57 bits per heavy atom. The molecule has 0 saturated carbocycles. The van der Waals surface area contributed by atoms with Crippen molar-refractivity contribution in [2.45, 2.75) is 38.6 Å². The van der Waals surface area contributed by atoms with Gasteiger partial charge in [0.2, 0.25) is 0 Å². The Balaban J connectivity index is 2.33. The number of aliphatic carboxylic acids is 1. The largest absolute Gasteiger partial charge is 0.478 e. The summed E-state index contributed by atoms with van der Waals surface area (Å²) < 4.78 is 28.5. The minimum absolute atomic E-state index is 0.00289. The molecule has 0 aromatic heterocycles. The molecule has 1 unspecified atom stereocenters. The number of carbonyl (C=O) groups is 1. The summed E-state index contributed by atoms with van der Waals surface area (Å²) in [4.78, 5) is 12.2. The molecule has 0 bridgehead atoms. The summed E-state index contributed by atoms with van der Waals surface area (Å²) in [7, 11) is 0. The van der Waals surface area contributed by atoms with Crippen LogP contribution in [0.2, 0.25) is 0 Å². The number of benzene rings is 1. The summed E-state index contributed by atoms with van der Waals surface area (Å²) in [5.41, 5.74) is 0.204. The van der Waals surface area contributed by atoms with Crippen LogP contribution < -0.4 is 4.90 Å². The Morgan fingerprint density at radius 2 is 1.95 bits per heavy atom. The van der Waals surface area contributed by atoms with Crippen molar-refractivity contribution >= 4 is 17.7 Å². The molecule has 21 heavy (non-hydrogen) atoms. The lowest BCUT2D eigenvalue weighted by Crippen LogP contribution is -2.34. The summed E-state index contributed by atoms with van der Waals surface area (Å²) in [6, 6.07) is 2.45. The molecule has 2 rings (SSSR count). The Morgan fingerprint density at radius 1 is 1.29 bits per heavy atom. The van der Waals surface area contributed by atoms with Gasteiger partial charge < -0.3 is 10.0 Å². The second-order valence-electron chi connectivity index (χ2n) is 5.40. The fourth-order valence-electron chi connectivity index (χ4n) is 2.73. The Labute approximate surface area is 122 Å². The summed E-state index contributed by atoms with van der Waals surface area (Å²) >= 11 is 0. The van der Waals surface area contributed by atoms with Crippen LogP contribution in [0, 0.1) is 11.6 Å². The van der Waals surface area contributed by atoms with Crippen molar-refractivity contribution in [1.29, 1.82) is 0 Å². The van der Waals surface area contributed by atoms with E-state index >= 15 is 0 Å². The van der Waals surface area contributed by atoms with Crippen LogP contribution in [0.1, 0.15) is 38.2 Å². The van der Waals surface area contributed by atoms with E-state index in [0.29, 0.717) is 6.54 Å². The van der Waals surface area contributed by atoms with Gasteiger partial charge in [-0.3, -0.25) is 0 Å². The number of carboxylic acid groups (broad SMARTS) is 1. The van der Waals surface area contributed by atoms with Crippen LogP contribution in [0.4, 0.5) is 14.5 Å². The molecule has 1 N–H and O–H groups in total. The van der Waals surface area contributed by atoms with Crippen LogP contribution in [-0.4, -0.2) is 23.7 Å². The second-order valence-corrected chi connectivity index (χ2v) is 5.40. The molecule has 3 nitrogen and oxygen atoms in total. The highest BCUT2D eigenvalue weighted by molar-refractivity contribution is 5.85. The first-order valence-electron chi connectivity index (χ1n) is 7.15. The average molecular weight is 295 g/mol. The van der Waals surface area contributed by atoms with Crippen LogP contribution in [-0.2, 0) is 4.79 Å². The van der Waals surface area contributed by atoms with E-state index in [9.17, 15) is 13.6 Å². The number of hydrogen-bond acceptors (Lipinski definition) is 2. The van der Waals surface area contributed by atoms with Gasteiger partial charge in [0.25, 0.3) is 0 Å². The molecule has 5 heteroatoms. The van der Waals surface area contributed by atoms with E-state index < -0.39 is 17.6 Å².